The summed E-state index contributed by atoms with van der Waals surface area (Å²) < 4.78 is 78.8. The highest BCUT2D eigenvalue weighted by Crippen LogP contribution is 2.50. The average Bonchev–Trinajstić information content (AvgIpc) is 2.81. The van der Waals surface area contributed by atoms with Gasteiger partial charge < -0.3 is 15.0 Å². The summed E-state index contributed by atoms with van der Waals surface area (Å²) in [6.45, 7) is 3.83. The smallest absolute Gasteiger partial charge is 0.383 e. The zero-order valence-electron chi connectivity index (χ0n) is 19.5. The minimum atomic E-state index is -4.86. The molecule has 2 aromatic carbocycles. The average molecular weight is 527 g/mol. The van der Waals surface area contributed by atoms with Crippen LogP contribution in [0.5, 0.6) is 0 Å². The lowest BCUT2D eigenvalue weighted by atomic mass is 9.95. The molecule has 0 aliphatic carbocycles. The number of ether oxygens (including phenoxy) is 1. The molecule has 5 rings (SSSR count). The monoisotopic (exact) mass is 526 g/mol. The molecular formula is C24H23F5N4O2S. The van der Waals surface area contributed by atoms with Gasteiger partial charge in [0.1, 0.15) is 17.5 Å². The van der Waals surface area contributed by atoms with Crippen LogP contribution in [0, 0.1) is 11.6 Å². The lowest BCUT2D eigenvalue weighted by Gasteiger charge is -2.37. The second-order valence-corrected chi connectivity index (χ2v) is 10.2. The molecule has 1 N–H and O–H groups in total. The van der Waals surface area contributed by atoms with Crippen LogP contribution in [0.2, 0.25) is 0 Å². The van der Waals surface area contributed by atoms with Crippen molar-refractivity contribution in [1.82, 2.24) is 14.9 Å². The van der Waals surface area contributed by atoms with Gasteiger partial charge in [-0.15, -0.1) is 11.8 Å². The van der Waals surface area contributed by atoms with E-state index < -0.39 is 39.9 Å². The summed E-state index contributed by atoms with van der Waals surface area (Å²) in [6, 6.07) is 3.30. The van der Waals surface area contributed by atoms with Gasteiger partial charge in [-0.05, 0) is 25.1 Å². The first kappa shape index (κ1) is 25.0. The molecule has 1 fully saturated rings. The molecule has 2 aliphatic heterocycles. The molecule has 0 bridgehead atoms. The molecule has 0 spiro atoms. The summed E-state index contributed by atoms with van der Waals surface area (Å²) in [5, 5.41) is 2.97. The lowest BCUT2D eigenvalue weighted by molar-refractivity contribution is -0.137. The van der Waals surface area contributed by atoms with E-state index in [1.165, 1.54) is 11.7 Å². The second-order valence-electron chi connectivity index (χ2n) is 8.92. The standard InChI is InChI=1S/C24H23F5N4O2S/c1-12-9-30-5-6-32(12)22-16-8-17(24(27,28)29)19(15-4-3-13(25)7-18(15)26)21-20(16)33(23(34)31-22)10-14(36-21)11-35-2/h3-4,7-8,12,14,30H,5-6,9-11H2,1-2H3/t12-,14-/m0/s1. The molecule has 192 valence electrons. The van der Waals surface area contributed by atoms with E-state index in [9.17, 15) is 26.7 Å². The molecule has 1 saturated heterocycles. The number of rotatable bonds is 4. The Labute approximate surface area is 207 Å². The number of aromatic nitrogens is 2. The summed E-state index contributed by atoms with van der Waals surface area (Å²) >= 11 is 1.10. The first-order valence-corrected chi connectivity index (χ1v) is 12.2. The van der Waals surface area contributed by atoms with Crippen LogP contribution in [-0.4, -0.2) is 54.2 Å². The fourth-order valence-corrected chi connectivity index (χ4v) is 6.35. The van der Waals surface area contributed by atoms with E-state index in [-0.39, 0.29) is 46.4 Å². The van der Waals surface area contributed by atoms with Gasteiger partial charge in [0.15, 0.2) is 0 Å². The van der Waals surface area contributed by atoms with Crippen LogP contribution in [0.15, 0.2) is 34.0 Å². The summed E-state index contributed by atoms with van der Waals surface area (Å²) in [6.07, 6.45) is -4.86. The number of nitrogens with zero attached hydrogens (tertiary/aromatic N) is 3. The minimum Gasteiger partial charge on any atom is -0.383 e. The van der Waals surface area contributed by atoms with Crippen molar-refractivity contribution in [3.63, 3.8) is 0 Å². The maximum atomic E-state index is 14.9. The third-order valence-corrected chi connectivity index (χ3v) is 7.75. The topological polar surface area (TPSA) is 59.4 Å². The number of hydrogen-bond donors (Lipinski definition) is 1. The Morgan fingerprint density at radius 3 is 2.69 bits per heavy atom. The van der Waals surface area contributed by atoms with E-state index >= 15 is 0 Å². The number of thioether (sulfide) groups is 1. The Balaban J connectivity index is 1.91. The molecule has 3 aromatic rings. The Kier molecular flexibility index (Phi) is 6.46. The van der Waals surface area contributed by atoms with Crippen LogP contribution in [0.3, 0.4) is 0 Å². The highest BCUT2D eigenvalue weighted by atomic mass is 32.2. The fraction of sp³-hybridized carbons (Fsp3) is 0.417. The Bertz CT molecular complexity index is 1390. The van der Waals surface area contributed by atoms with Gasteiger partial charge in [0, 0.05) is 66.8 Å². The second kappa shape index (κ2) is 9.31. The summed E-state index contributed by atoms with van der Waals surface area (Å²) in [5.41, 5.74) is -2.22. The molecule has 0 unspecified atom stereocenters. The zero-order valence-corrected chi connectivity index (χ0v) is 20.3. The minimum absolute atomic E-state index is 0.0992. The maximum absolute atomic E-state index is 14.9. The molecule has 2 atom stereocenters. The number of halogens is 5. The van der Waals surface area contributed by atoms with Crippen LogP contribution >= 0.6 is 11.8 Å². The zero-order chi connectivity index (χ0) is 25.8. The van der Waals surface area contributed by atoms with Crippen molar-refractivity contribution in [3.05, 3.63) is 51.9 Å². The maximum Gasteiger partial charge on any atom is 0.417 e. The first-order valence-electron chi connectivity index (χ1n) is 11.4. The van der Waals surface area contributed by atoms with Crippen molar-refractivity contribution in [1.29, 1.82) is 0 Å². The van der Waals surface area contributed by atoms with Crippen molar-refractivity contribution in [2.45, 2.75) is 35.8 Å². The van der Waals surface area contributed by atoms with Crippen LogP contribution in [0.4, 0.5) is 27.8 Å². The molecule has 12 heteroatoms. The third kappa shape index (κ3) is 4.24. The predicted octanol–water partition coefficient (Wildman–Crippen LogP) is 4.28. The van der Waals surface area contributed by atoms with Crippen LogP contribution in [0.25, 0.3) is 22.0 Å². The Hall–Kier alpha value is -2.70. The van der Waals surface area contributed by atoms with Crippen LogP contribution < -0.4 is 15.9 Å². The highest BCUT2D eigenvalue weighted by molar-refractivity contribution is 8.00. The molecule has 3 heterocycles. The third-order valence-electron chi connectivity index (χ3n) is 6.50. The van der Waals surface area contributed by atoms with E-state index in [1.54, 1.807) is 0 Å². The van der Waals surface area contributed by atoms with E-state index in [0.717, 1.165) is 30.0 Å². The number of methoxy groups -OCH3 is 1. The van der Waals surface area contributed by atoms with Crippen LogP contribution in [-0.2, 0) is 17.5 Å². The van der Waals surface area contributed by atoms with Gasteiger partial charge in [-0.3, -0.25) is 4.57 Å². The SMILES string of the molecule is COC[C@@H]1Cn2c(=O)nc(N3CCNC[C@@H]3C)c3cc(C(F)(F)F)c(-c4ccc(F)cc4F)c(c32)S1. The number of alkyl halides is 3. The van der Waals surface area contributed by atoms with Gasteiger partial charge in [-0.25, -0.2) is 13.6 Å². The van der Waals surface area contributed by atoms with Gasteiger partial charge in [-0.1, -0.05) is 0 Å². The summed E-state index contributed by atoms with van der Waals surface area (Å²) in [4.78, 5) is 19.4. The van der Waals surface area contributed by atoms with E-state index in [2.05, 4.69) is 10.3 Å². The molecule has 0 radical (unpaired) electrons. The normalized spacial score (nSPS) is 20.2. The molecular weight excluding hydrogens is 503 g/mol. The fourth-order valence-electron chi connectivity index (χ4n) is 4.92. The van der Waals surface area contributed by atoms with Gasteiger partial charge in [0.25, 0.3) is 0 Å². The predicted molar refractivity (Wildman–Crippen MR) is 128 cm³/mol. The number of nitrogens with one attached hydrogen (secondary N) is 1. The Morgan fingerprint density at radius 2 is 2.03 bits per heavy atom. The number of piperazine rings is 1. The van der Waals surface area contributed by atoms with Crippen molar-refractivity contribution >= 4 is 28.5 Å². The van der Waals surface area contributed by atoms with E-state index in [4.69, 9.17) is 4.74 Å². The highest BCUT2D eigenvalue weighted by Gasteiger charge is 2.40. The van der Waals surface area contributed by atoms with Gasteiger partial charge in [-0.2, -0.15) is 18.2 Å². The molecule has 2 aliphatic rings. The van der Waals surface area contributed by atoms with E-state index in [0.29, 0.717) is 25.7 Å². The molecule has 6 nitrogen and oxygen atoms in total. The number of hydrogen-bond acceptors (Lipinski definition) is 6. The molecule has 36 heavy (non-hydrogen) atoms. The number of benzene rings is 2. The van der Waals surface area contributed by atoms with Gasteiger partial charge in [0.05, 0.1) is 22.9 Å². The van der Waals surface area contributed by atoms with E-state index in [1.807, 2.05) is 11.8 Å². The molecule has 0 amide bonds. The van der Waals surface area contributed by atoms with Crippen molar-refractivity contribution in [2.75, 3.05) is 38.3 Å². The Morgan fingerprint density at radius 1 is 1.25 bits per heavy atom. The first-order chi connectivity index (χ1) is 17.1. The van der Waals surface area contributed by atoms with Crippen LogP contribution in [0.1, 0.15) is 12.5 Å². The quantitative estimate of drug-likeness (QED) is 0.513. The van der Waals surface area contributed by atoms with Crippen molar-refractivity contribution in [2.24, 2.45) is 0 Å². The van der Waals surface area contributed by atoms with Crippen molar-refractivity contribution < 1.29 is 26.7 Å². The number of anilines is 1. The largest absolute Gasteiger partial charge is 0.417 e. The summed E-state index contributed by atoms with van der Waals surface area (Å²) in [7, 11) is 1.45. The van der Waals surface area contributed by atoms with Crippen molar-refractivity contribution in [3.8, 4) is 11.1 Å². The lowest BCUT2D eigenvalue weighted by Crippen LogP contribution is -2.51. The van der Waals surface area contributed by atoms with Gasteiger partial charge >= 0.3 is 11.9 Å². The summed E-state index contributed by atoms with van der Waals surface area (Å²) in [5.74, 6) is -1.85. The molecule has 0 saturated carbocycles. The van der Waals surface area contributed by atoms with Gasteiger partial charge in [0.2, 0.25) is 0 Å². The molecule has 1 aromatic heterocycles.